The molecule has 0 aromatic rings. The molecule has 0 saturated heterocycles. The van der Waals surface area contributed by atoms with Crippen LogP contribution in [0.5, 0.6) is 0 Å². The van der Waals surface area contributed by atoms with E-state index >= 15 is 0 Å². The van der Waals surface area contributed by atoms with Gasteiger partial charge in [-0.1, -0.05) is 89.9 Å². The highest BCUT2D eigenvalue weighted by Crippen LogP contribution is 2.48. The number of carbonyl (C=O) groups excluding carboxylic acids is 2. The lowest BCUT2D eigenvalue weighted by Crippen LogP contribution is -2.64. The highest BCUT2D eigenvalue weighted by Gasteiger charge is 2.54. The SMILES string of the molecule is CC#CC#CC#CC#CC(=O)OC[C@H](COP(=O)(O)OC1C(O)[C@@H](O)C(OP(=O)(O)O)[C@H](O)C1O)OC(=O)CCCCCCCCCCCCCCC. The number of hydrogen-bond acceptors (Lipinski definition) is 13. The van der Waals surface area contributed by atoms with Crippen LogP contribution in [0.25, 0.3) is 0 Å². The van der Waals surface area contributed by atoms with E-state index in [9.17, 15) is 44.0 Å². The van der Waals surface area contributed by atoms with Gasteiger partial charge in [-0.05, 0) is 48.9 Å². The molecular weight excluding hydrogens is 738 g/mol. The molecule has 53 heavy (non-hydrogen) atoms. The van der Waals surface area contributed by atoms with Crippen LogP contribution in [0.2, 0.25) is 0 Å². The zero-order chi connectivity index (χ0) is 39.7. The van der Waals surface area contributed by atoms with E-state index < -0.39 is 83.5 Å². The Balaban J connectivity index is 2.75. The van der Waals surface area contributed by atoms with Crippen molar-refractivity contribution in [1.29, 1.82) is 0 Å². The van der Waals surface area contributed by atoms with Crippen LogP contribution in [0.3, 0.4) is 0 Å². The summed E-state index contributed by atoms with van der Waals surface area (Å²) >= 11 is 0. The largest absolute Gasteiger partial charge is 0.472 e. The summed E-state index contributed by atoms with van der Waals surface area (Å²) < 4.78 is 48.1. The minimum Gasteiger partial charge on any atom is -0.456 e. The topological polar surface area (TPSA) is 256 Å². The van der Waals surface area contributed by atoms with E-state index in [4.69, 9.17) is 28.3 Å². The highest BCUT2D eigenvalue weighted by molar-refractivity contribution is 7.47. The number of phosphoric acid groups is 2. The zero-order valence-corrected chi connectivity index (χ0v) is 31.8. The van der Waals surface area contributed by atoms with Crippen LogP contribution in [-0.2, 0) is 41.8 Å². The number of ether oxygens (including phenoxy) is 2. The van der Waals surface area contributed by atoms with E-state index in [1.807, 2.05) is 0 Å². The summed E-state index contributed by atoms with van der Waals surface area (Å²) in [5.74, 6) is 16.9. The summed E-state index contributed by atoms with van der Waals surface area (Å²) in [4.78, 5) is 53.0. The fourth-order valence-corrected chi connectivity index (χ4v) is 6.61. The molecule has 0 bridgehead atoms. The van der Waals surface area contributed by atoms with E-state index in [0.29, 0.717) is 6.42 Å². The van der Waals surface area contributed by atoms with Gasteiger partial charge in [0.05, 0.1) is 6.61 Å². The molecule has 1 fully saturated rings. The minimum atomic E-state index is -5.32. The van der Waals surface area contributed by atoms with Gasteiger partial charge in [-0.25, -0.2) is 13.9 Å². The molecule has 7 N–H and O–H groups in total. The first-order chi connectivity index (χ1) is 25.1. The predicted octanol–water partition coefficient (Wildman–Crippen LogP) is 2.39. The molecular formula is C35H52O16P2. The van der Waals surface area contributed by atoms with Crippen LogP contribution in [0.4, 0.5) is 0 Å². The maximum absolute atomic E-state index is 12.8. The average Bonchev–Trinajstić information content (AvgIpc) is 3.10. The number of phosphoric ester groups is 2. The molecule has 1 rings (SSSR count). The number of hydrogen-bond donors (Lipinski definition) is 7. The minimum absolute atomic E-state index is 0.0115. The molecule has 0 spiro atoms. The van der Waals surface area contributed by atoms with Gasteiger partial charge in [0.25, 0.3) is 0 Å². The quantitative estimate of drug-likeness (QED) is 0.0244. The smallest absolute Gasteiger partial charge is 0.456 e. The Bertz CT molecular complexity index is 1450. The van der Waals surface area contributed by atoms with E-state index in [1.165, 1.54) is 51.4 Å². The van der Waals surface area contributed by atoms with E-state index in [1.54, 1.807) is 6.92 Å². The summed E-state index contributed by atoms with van der Waals surface area (Å²) in [5.41, 5.74) is 0. The Labute approximate surface area is 311 Å². The van der Waals surface area contributed by atoms with Gasteiger partial charge in [0.2, 0.25) is 0 Å². The normalized spacial score (nSPS) is 22.5. The summed E-state index contributed by atoms with van der Waals surface area (Å²) in [7, 11) is -10.6. The third-order valence-corrected chi connectivity index (χ3v) is 9.27. The number of rotatable bonds is 24. The Morgan fingerprint density at radius 1 is 0.642 bits per heavy atom. The van der Waals surface area contributed by atoms with Crippen molar-refractivity contribution in [2.75, 3.05) is 13.2 Å². The van der Waals surface area contributed by atoms with Crippen molar-refractivity contribution in [2.24, 2.45) is 0 Å². The fourth-order valence-electron chi connectivity index (χ4n) is 5.07. The van der Waals surface area contributed by atoms with Crippen LogP contribution in [-0.4, -0.2) is 103 Å². The molecule has 0 heterocycles. The molecule has 3 unspecified atom stereocenters. The Morgan fingerprint density at radius 2 is 1.09 bits per heavy atom. The van der Waals surface area contributed by atoms with Crippen molar-refractivity contribution in [2.45, 2.75) is 146 Å². The third kappa shape index (κ3) is 22.3. The molecule has 0 radical (unpaired) electrons. The lowest BCUT2D eigenvalue weighted by Gasteiger charge is -2.43. The van der Waals surface area contributed by atoms with Gasteiger partial charge in [-0.3, -0.25) is 18.4 Å². The van der Waals surface area contributed by atoms with Gasteiger partial charge in [0.15, 0.2) is 6.10 Å². The Morgan fingerprint density at radius 3 is 1.58 bits per heavy atom. The fraction of sp³-hybridized carbons (Fsp3) is 0.714. The lowest BCUT2D eigenvalue weighted by atomic mass is 9.85. The summed E-state index contributed by atoms with van der Waals surface area (Å²) in [6.07, 6.45) is -0.814. The number of carbonyl (C=O) groups is 2. The molecule has 298 valence electrons. The summed E-state index contributed by atoms with van der Waals surface area (Å²) in [6, 6.07) is 0. The van der Waals surface area contributed by atoms with Gasteiger partial charge < -0.3 is 44.6 Å². The van der Waals surface area contributed by atoms with Crippen LogP contribution in [0, 0.1) is 47.4 Å². The first-order valence-electron chi connectivity index (χ1n) is 17.5. The number of aliphatic hydroxyl groups is 4. The van der Waals surface area contributed by atoms with Crippen LogP contribution in [0.15, 0.2) is 0 Å². The van der Waals surface area contributed by atoms with E-state index in [2.05, 4.69) is 58.8 Å². The molecule has 0 aliphatic heterocycles. The summed E-state index contributed by atoms with van der Waals surface area (Å²) in [6.45, 7) is 2.18. The molecule has 1 saturated carbocycles. The molecule has 6 atom stereocenters. The Kier molecular flexibility index (Phi) is 24.5. The molecule has 16 nitrogen and oxygen atoms in total. The number of esters is 2. The van der Waals surface area contributed by atoms with Crippen molar-refractivity contribution in [3.8, 4) is 47.4 Å². The number of unbranched alkanes of at least 4 members (excludes halogenated alkanes) is 12. The second-order valence-corrected chi connectivity index (χ2v) is 14.8. The van der Waals surface area contributed by atoms with Crippen LogP contribution >= 0.6 is 15.6 Å². The van der Waals surface area contributed by atoms with Gasteiger partial charge >= 0.3 is 27.6 Å². The van der Waals surface area contributed by atoms with E-state index in [0.717, 1.165) is 25.7 Å². The van der Waals surface area contributed by atoms with E-state index in [-0.39, 0.29) is 6.42 Å². The van der Waals surface area contributed by atoms with Crippen LogP contribution < -0.4 is 0 Å². The van der Waals surface area contributed by atoms with Crippen molar-refractivity contribution in [1.82, 2.24) is 0 Å². The Hall–Kier alpha value is -2.76. The van der Waals surface area contributed by atoms with Gasteiger partial charge in [0.1, 0.15) is 43.2 Å². The zero-order valence-electron chi connectivity index (χ0n) is 30.1. The van der Waals surface area contributed by atoms with Gasteiger partial charge in [0, 0.05) is 12.3 Å². The maximum Gasteiger partial charge on any atom is 0.472 e. The van der Waals surface area contributed by atoms with Crippen molar-refractivity contribution < 1.29 is 76.9 Å². The average molecular weight is 791 g/mol. The van der Waals surface area contributed by atoms with Gasteiger partial charge in [-0.2, -0.15) is 0 Å². The molecule has 1 aliphatic rings. The van der Waals surface area contributed by atoms with Crippen molar-refractivity contribution in [3.05, 3.63) is 0 Å². The number of aliphatic hydroxyl groups excluding tert-OH is 4. The first kappa shape index (κ1) is 48.3. The lowest BCUT2D eigenvalue weighted by molar-refractivity contribution is -0.216. The molecule has 18 heteroatoms. The standard InChI is InChI=1S/C35H52O16P2/c1-3-5-7-9-11-12-13-14-15-16-18-20-22-24-29(37)49-27(25-47-28(36)23-21-19-17-10-8-6-4-2)26-48-53(45,46)51-35-32(40)30(38)34(31(39)33(35)41)50-52(42,43)44/h27,30-35,38-41H,3,5,7,9,11-16,18,20,22,24-26H2,1-2H3,(H,45,46)(H2,42,43,44)/t27-,30-,31-,32?,33?,34?,35?/m1/s1. The maximum atomic E-state index is 12.8. The second kappa shape index (κ2) is 26.9. The van der Waals surface area contributed by atoms with Gasteiger partial charge in [-0.15, -0.1) is 0 Å². The monoisotopic (exact) mass is 790 g/mol. The molecule has 0 aromatic heterocycles. The predicted molar refractivity (Wildman–Crippen MR) is 190 cm³/mol. The molecule has 1 aliphatic carbocycles. The molecule has 0 aromatic carbocycles. The summed E-state index contributed by atoms with van der Waals surface area (Å²) in [5, 5.41) is 41.0. The second-order valence-electron chi connectivity index (χ2n) is 12.2. The highest BCUT2D eigenvalue weighted by atomic mass is 31.2. The first-order valence-corrected chi connectivity index (χ1v) is 20.5. The molecule has 0 amide bonds. The van der Waals surface area contributed by atoms with Crippen LogP contribution in [0.1, 0.15) is 104 Å². The van der Waals surface area contributed by atoms with Crippen molar-refractivity contribution >= 4 is 27.6 Å². The third-order valence-electron chi connectivity index (χ3n) is 7.77. The van der Waals surface area contributed by atoms with Crippen molar-refractivity contribution in [3.63, 3.8) is 0 Å².